The van der Waals surface area contributed by atoms with Crippen molar-refractivity contribution in [1.82, 2.24) is 9.97 Å². The fourth-order valence-corrected chi connectivity index (χ4v) is 2.01. The third-order valence-electron chi connectivity index (χ3n) is 2.56. The van der Waals surface area contributed by atoms with E-state index in [1.165, 1.54) is 0 Å². The molecule has 0 radical (unpaired) electrons. The first-order valence-electron chi connectivity index (χ1n) is 6.70. The van der Waals surface area contributed by atoms with Gasteiger partial charge in [0.25, 0.3) is 0 Å². The number of halogens is 4. The monoisotopic (exact) mass is 437 g/mol. The summed E-state index contributed by atoms with van der Waals surface area (Å²) in [5.74, 6) is -0.452. The summed E-state index contributed by atoms with van der Waals surface area (Å²) in [6, 6.07) is 7.29. The second kappa shape index (κ2) is 6.50. The molecule has 0 fully saturated rings. The van der Waals surface area contributed by atoms with Crippen molar-refractivity contribution in [3.05, 3.63) is 39.6 Å². The number of benzene rings is 1. The minimum atomic E-state index is -4.58. The minimum Gasteiger partial charge on any atom is -0.471 e. The molecular formula is C15H15F3IN3O. The molecule has 0 bridgehead atoms. The van der Waals surface area contributed by atoms with Gasteiger partial charge in [0.2, 0.25) is 11.8 Å². The van der Waals surface area contributed by atoms with E-state index in [2.05, 4.69) is 37.9 Å². The van der Waals surface area contributed by atoms with Crippen molar-refractivity contribution in [2.24, 2.45) is 0 Å². The molecule has 2 rings (SSSR count). The van der Waals surface area contributed by atoms with Crippen LogP contribution in [0.1, 0.15) is 26.3 Å². The maximum absolute atomic E-state index is 13.0. The van der Waals surface area contributed by atoms with E-state index in [9.17, 15) is 13.2 Å². The van der Waals surface area contributed by atoms with E-state index in [0.29, 0.717) is 5.69 Å². The Bertz CT molecular complexity index is 682. The quantitative estimate of drug-likeness (QED) is 0.686. The fourth-order valence-electron chi connectivity index (χ4n) is 1.65. The van der Waals surface area contributed by atoms with Gasteiger partial charge in [-0.15, -0.1) is 0 Å². The molecule has 0 aliphatic rings. The third kappa shape index (κ3) is 5.22. The maximum atomic E-state index is 13.0. The molecule has 1 heterocycles. The number of nitrogens with zero attached hydrogens (tertiary/aromatic N) is 2. The lowest BCUT2D eigenvalue weighted by molar-refractivity contribution is -0.140. The summed E-state index contributed by atoms with van der Waals surface area (Å²) in [6.07, 6.45) is -3.86. The second-order valence-corrected chi connectivity index (χ2v) is 7.00. The molecule has 1 N–H and O–H groups in total. The lowest BCUT2D eigenvalue weighted by Gasteiger charge is -2.23. The zero-order valence-corrected chi connectivity index (χ0v) is 14.9. The molecule has 8 heteroatoms. The van der Waals surface area contributed by atoms with Gasteiger partial charge in [-0.2, -0.15) is 18.2 Å². The van der Waals surface area contributed by atoms with Crippen LogP contribution in [0.15, 0.2) is 30.5 Å². The van der Waals surface area contributed by atoms with E-state index in [-0.39, 0.29) is 5.95 Å². The average molecular weight is 437 g/mol. The zero-order valence-electron chi connectivity index (χ0n) is 12.7. The van der Waals surface area contributed by atoms with Gasteiger partial charge in [0.15, 0.2) is 0 Å². The molecular weight excluding hydrogens is 422 g/mol. The number of nitrogens with one attached hydrogen (secondary N) is 1. The van der Waals surface area contributed by atoms with E-state index in [4.69, 9.17) is 4.74 Å². The Labute approximate surface area is 145 Å². The molecule has 0 saturated heterocycles. The average Bonchev–Trinajstić information content (AvgIpc) is 2.38. The smallest absolute Gasteiger partial charge is 0.423 e. The van der Waals surface area contributed by atoms with Crippen molar-refractivity contribution >= 4 is 34.2 Å². The van der Waals surface area contributed by atoms with Crippen molar-refractivity contribution in [2.75, 3.05) is 5.32 Å². The summed E-state index contributed by atoms with van der Waals surface area (Å²) in [5.41, 5.74) is -1.14. The number of aromatic nitrogens is 2. The van der Waals surface area contributed by atoms with Crippen LogP contribution < -0.4 is 10.1 Å². The van der Waals surface area contributed by atoms with Gasteiger partial charge in [-0.3, -0.25) is 0 Å². The standard InChI is InChI=1S/C15H15F3IN3O/c1-14(2,3)23-12-11(15(16,17)18)8-20-13(22-12)21-10-6-4-9(19)5-7-10/h4-8H,1-3H3,(H,20,21,22). The summed E-state index contributed by atoms with van der Waals surface area (Å²) in [5, 5.41) is 2.86. The van der Waals surface area contributed by atoms with Gasteiger partial charge in [0.05, 0.1) is 0 Å². The van der Waals surface area contributed by atoms with Gasteiger partial charge in [-0.1, -0.05) is 0 Å². The van der Waals surface area contributed by atoms with Crippen LogP contribution in [0.5, 0.6) is 5.88 Å². The van der Waals surface area contributed by atoms with Gasteiger partial charge in [0.1, 0.15) is 11.2 Å². The first-order chi connectivity index (χ1) is 10.5. The lowest BCUT2D eigenvalue weighted by atomic mass is 10.2. The van der Waals surface area contributed by atoms with E-state index in [0.717, 1.165) is 9.77 Å². The van der Waals surface area contributed by atoms with Gasteiger partial charge in [-0.05, 0) is 67.6 Å². The Morgan fingerprint density at radius 3 is 2.22 bits per heavy atom. The molecule has 1 aromatic heterocycles. The van der Waals surface area contributed by atoms with E-state index >= 15 is 0 Å². The normalized spacial score (nSPS) is 12.1. The van der Waals surface area contributed by atoms with Crippen LogP contribution in [-0.4, -0.2) is 15.6 Å². The first kappa shape index (κ1) is 17.8. The summed E-state index contributed by atoms with van der Waals surface area (Å²) in [4.78, 5) is 7.61. The number of rotatable bonds is 3. The highest BCUT2D eigenvalue weighted by molar-refractivity contribution is 14.1. The molecule has 1 aromatic carbocycles. The van der Waals surface area contributed by atoms with Crippen LogP contribution in [0.4, 0.5) is 24.8 Å². The summed E-state index contributed by atoms with van der Waals surface area (Å²) < 4.78 is 45.5. The molecule has 4 nitrogen and oxygen atoms in total. The fraction of sp³-hybridized carbons (Fsp3) is 0.333. The van der Waals surface area contributed by atoms with E-state index < -0.39 is 23.2 Å². The van der Waals surface area contributed by atoms with Crippen molar-refractivity contribution in [2.45, 2.75) is 32.5 Å². The topological polar surface area (TPSA) is 47.0 Å². The van der Waals surface area contributed by atoms with E-state index in [1.807, 2.05) is 12.1 Å². The molecule has 0 spiro atoms. The van der Waals surface area contributed by atoms with Crippen LogP contribution in [0.25, 0.3) is 0 Å². The largest absolute Gasteiger partial charge is 0.471 e. The number of hydrogen-bond donors (Lipinski definition) is 1. The number of alkyl halides is 3. The molecule has 0 amide bonds. The Balaban J connectivity index is 2.35. The second-order valence-electron chi connectivity index (χ2n) is 5.76. The SMILES string of the molecule is CC(C)(C)Oc1nc(Nc2ccc(I)cc2)ncc1C(F)(F)F. The number of hydrogen-bond acceptors (Lipinski definition) is 4. The molecule has 124 valence electrons. The number of anilines is 2. The van der Waals surface area contributed by atoms with Crippen molar-refractivity contribution in [1.29, 1.82) is 0 Å². The highest BCUT2D eigenvalue weighted by Gasteiger charge is 2.37. The Hall–Kier alpha value is -1.58. The Kier molecular flexibility index (Phi) is 5.02. The van der Waals surface area contributed by atoms with Crippen LogP contribution in [0, 0.1) is 3.57 Å². The predicted molar refractivity (Wildman–Crippen MR) is 89.9 cm³/mol. The molecule has 0 unspecified atom stereocenters. The summed E-state index contributed by atoms with van der Waals surface area (Å²) in [7, 11) is 0. The van der Waals surface area contributed by atoms with Gasteiger partial charge >= 0.3 is 6.18 Å². The number of ether oxygens (including phenoxy) is 1. The van der Waals surface area contributed by atoms with Gasteiger partial charge < -0.3 is 10.1 Å². The third-order valence-corrected chi connectivity index (χ3v) is 3.28. The van der Waals surface area contributed by atoms with Crippen molar-refractivity contribution in [3.63, 3.8) is 0 Å². The first-order valence-corrected chi connectivity index (χ1v) is 7.78. The molecule has 0 saturated carbocycles. The van der Waals surface area contributed by atoms with Crippen molar-refractivity contribution in [3.8, 4) is 5.88 Å². The Morgan fingerprint density at radius 2 is 1.70 bits per heavy atom. The summed E-state index contributed by atoms with van der Waals surface area (Å²) in [6.45, 7) is 4.96. The summed E-state index contributed by atoms with van der Waals surface area (Å²) >= 11 is 2.16. The highest BCUT2D eigenvalue weighted by Crippen LogP contribution is 2.36. The minimum absolute atomic E-state index is 0.0402. The van der Waals surface area contributed by atoms with Crippen LogP contribution in [0.2, 0.25) is 0 Å². The van der Waals surface area contributed by atoms with Crippen molar-refractivity contribution < 1.29 is 17.9 Å². The molecule has 23 heavy (non-hydrogen) atoms. The maximum Gasteiger partial charge on any atom is 0.423 e. The van der Waals surface area contributed by atoms with Gasteiger partial charge in [-0.25, -0.2) is 4.98 Å². The van der Waals surface area contributed by atoms with Crippen LogP contribution >= 0.6 is 22.6 Å². The molecule has 2 aromatic rings. The molecule has 0 aliphatic carbocycles. The molecule has 0 atom stereocenters. The van der Waals surface area contributed by atoms with Crippen LogP contribution in [0.3, 0.4) is 0 Å². The lowest BCUT2D eigenvalue weighted by Crippen LogP contribution is -2.26. The van der Waals surface area contributed by atoms with E-state index in [1.54, 1.807) is 32.9 Å². The predicted octanol–water partition coefficient (Wildman–Crippen LogP) is 5.02. The molecule has 0 aliphatic heterocycles. The highest BCUT2D eigenvalue weighted by atomic mass is 127. The zero-order chi connectivity index (χ0) is 17.3. The van der Waals surface area contributed by atoms with Crippen LogP contribution in [-0.2, 0) is 6.18 Å². The van der Waals surface area contributed by atoms with Gasteiger partial charge in [0, 0.05) is 15.5 Å². The Morgan fingerprint density at radius 1 is 1.09 bits per heavy atom.